The number of esters is 1. The van der Waals surface area contributed by atoms with Crippen LogP contribution in [0.4, 0.5) is 13.2 Å². The number of alkyl halides is 3. The molecular formula is C22H28F3N3O6. The van der Waals surface area contributed by atoms with E-state index in [0.717, 1.165) is 9.25 Å². The molecule has 0 saturated carbocycles. The SMILES string of the molecule is CCOC(=O)C(C)(C)Oc1cccc(C(C)Oc2nn(CCCC(F)(F)F)c(=O)n(C)c2=O)c1. The predicted molar refractivity (Wildman–Crippen MR) is 116 cm³/mol. The van der Waals surface area contributed by atoms with E-state index in [9.17, 15) is 27.6 Å². The first-order valence-electron chi connectivity index (χ1n) is 10.6. The topological polar surface area (TPSA) is 102 Å². The Morgan fingerprint density at radius 1 is 1.21 bits per heavy atom. The quantitative estimate of drug-likeness (QED) is 0.475. The first kappa shape index (κ1) is 26.9. The van der Waals surface area contributed by atoms with E-state index in [0.29, 0.717) is 11.3 Å². The van der Waals surface area contributed by atoms with Crippen LogP contribution < -0.4 is 20.7 Å². The molecule has 188 valence electrons. The molecule has 0 fully saturated rings. The van der Waals surface area contributed by atoms with Crippen LogP contribution in [0.3, 0.4) is 0 Å². The number of hydrogen-bond acceptors (Lipinski definition) is 7. The smallest absolute Gasteiger partial charge is 0.389 e. The van der Waals surface area contributed by atoms with Gasteiger partial charge in [-0.25, -0.2) is 14.3 Å². The summed E-state index contributed by atoms with van der Waals surface area (Å²) in [5.74, 6) is -0.617. The van der Waals surface area contributed by atoms with Gasteiger partial charge >= 0.3 is 23.4 Å². The van der Waals surface area contributed by atoms with Crippen molar-refractivity contribution in [3.8, 4) is 11.6 Å². The van der Waals surface area contributed by atoms with Gasteiger partial charge in [0.1, 0.15) is 11.9 Å². The molecule has 1 aromatic heterocycles. The highest BCUT2D eigenvalue weighted by Crippen LogP contribution is 2.26. The highest BCUT2D eigenvalue weighted by atomic mass is 19.4. The predicted octanol–water partition coefficient (Wildman–Crippen LogP) is 3.15. The maximum Gasteiger partial charge on any atom is 0.389 e. The minimum absolute atomic E-state index is 0.205. The molecule has 0 saturated heterocycles. The number of ether oxygens (including phenoxy) is 3. The Morgan fingerprint density at radius 2 is 1.88 bits per heavy atom. The largest absolute Gasteiger partial charge is 0.476 e. The molecule has 0 aliphatic carbocycles. The van der Waals surface area contributed by atoms with Gasteiger partial charge in [-0.2, -0.15) is 13.2 Å². The van der Waals surface area contributed by atoms with E-state index in [1.54, 1.807) is 52.0 Å². The van der Waals surface area contributed by atoms with Gasteiger partial charge in [-0.15, -0.1) is 5.10 Å². The second-order valence-corrected chi connectivity index (χ2v) is 8.06. The van der Waals surface area contributed by atoms with Crippen LogP contribution >= 0.6 is 0 Å². The molecule has 0 bridgehead atoms. The molecule has 0 N–H and O–H groups in total. The van der Waals surface area contributed by atoms with Crippen molar-refractivity contribution >= 4 is 5.97 Å². The van der Waals surface area contributed by atoms with E-state index in [1.807, 2.05) is 0 Å². The van der Waals surface area contributed by atoms with Crippen LogP contribution in [-0.4, -0.2) is 38.7 Å². The van der Waals surface area contributed by atoms with Crippen molar-refractivity contribution < 1.29 is 32.2 Å². The molecule has 0 spiro atoms. The minimum Gasteiger partial charge on any atom is -0.476 e. The number of aromatic nitrogens is 3. The van der Waals surface area contributed by atoms with E-state index in [-0.39, 0.29) is 19.6 Å². The van der Waals surface area contributed by atoms with Crippen molar-refractivity contribution in [1.29, 1.82) is 0 Å². The molecule has 12 heteroatoms. The average molecular weight is 487 g/mol. The lowest BCUT2D eigenvalue weighted by atomic mass is 10.1. The van der Waals surface area contributed by atoms with Crippen LogP contribution in [0, 0.1) is 0 Å². The molecule has 0 amide bonds. The number of carbonyl (C=O) groups is 1. The number of hydrogen-bond donors (Lipinski definition) is 0. The molecule has 0 aliphatic heterocycles. The fourth-order valence-electron chi connectivity index (χ4n) is 2.96. The molecule has 9 nitrogen and oxygen atoms in total. The number of rotatable bonds is 10. The molecule has 1 heterocycles. The highest BCUT2D eigenvalue weighted by molar-refractivity contribution is 5.79. The van der Waals surface area contributed by atoms with E-state index in [4.69, 9.17) is 14.2 Å². The van der Waals surface area contributed by atoms with Crippen LogP contribution in [-0.2, 0) is 23.1 Å². The third-order valence-electron chi connectivity index (χ3n) is 4.79. The molecule has 1 atom stereocenters. The number of carbonyl (C=O) groups excluding carboxylic acids is 1. The Kier molecular flexibility index (Phi) is 8.51. The van der Waals surface area contributed by atoms with E-state index in [1.165, 1.54) is 7.05 Å². The van der Waals surface area contributed by atoms with Gasteiger partial charge in [0, 0.05) is 20.0 Å². The third-order valence-corrected chi connectivity index (χ3v) is 4.79. The maximum absolute atomic E-state index is 12.4. The van der Waals surface area contributed by atoms with Crippen molar-refractivity contribution in [1.82, 2.24) is 14.3 Å². The van der Waals surface area contributed by atoms with Crippen LogP contribution in [0.15, 0.2) is 33.9 Å². The van der Waals surface area contributed by atoms with Gasteiger partial charge in [-0.05, 0) is 51.8 Å². The first-order valence-corrected chi connectivity index (χ1v) is 10.6. The first-order chi connectivity index (χ1) is 15.7. The molecule has 2 rings (SSSR count). The summed E-state index contributed by atoms with van der Waals surface area (Å²) in [6.07, 6.45) is -6.58. The summed E-state index contributed by atoms with van der Waals surface area (Å²) in [6, 6.07) is 6.60. The summed E-state index contributed by atoms with van der Waals surface area (Å²) in [6.45, 7) is 6.31. The zero-order chi connectivity index (χ0) is 25.7. The van der Waals surface area contributed by atoms with Crippen molar-refractivity contribution in [2.75, 3.05) is 6.61 Å². The molecule has 0 radical (unpaired) electrons. The lowest BCUT2D eigenvalue weighted by molar-refractivity contribution is -0.158. The van der Waals surface area contributed by atoms with E-state index >= 15 is 0 Å². The van der Waals surface area contributed by atoms with Gasteiger partial charge in [-0.3, -0.25) is 9.36 Å². The van der Waals surface area contributed by atoms with Gasteiger partial charge in [0.2, 0.25) is 0 Å². The van der Waals surface area contributed by atoms with Gasteiger partial charge in [0.05, 0.1) is 6.61 Å². The summed E-state index contributed by atoms with van der Waals surface area (Å²) in [7, 11) is 1.19. The Hall–Kier alpha value is -3.31. The lowest BCUT2D eigenvalue weighted by Gasteiger charge is -2.24. The van der Waals surface area contributed by atoms with Gasteiger partial charge in [0.25, 0.3) is 5.88 Å². The number of aryl methyl sites for hydroxylation is 1. The number of halogens is 3. The maximum atomic E-state index is 12.4. The number of nitrogens with zero attached hydrogens (tertiary/aromatic N) is 3. The third kappa shape index (κ3) is 7.09. The van der Waals surface area contributed by atoms with Crippen LogP contribution in [0.5, 0.6) is 11.6 Å². The van der Waals surface area contributed by atoms with Gasteiger partial charge < -0.3 is 14.2 Å². The zero-order valence-electron chi connectivity index (χ0n) is 19.6. The Morgan fingerprint density at radius 3 is 2.50 bits per heavy atom. The monoisotopic (exact) mass is 487 g/mol. The molecular weight excluding hydrogens is 459 g/mol. The Balaban J connectivity index is 2.23. The normalized spacial score (nSPS) is 12.8. The summed E-state index contributed by atoms with van der Waals surface area (Å²) < 4.78 is 55.2. The molecule has 0 aliphatic rings. The van der Waals surface area contributed by atoms with Crippen molar-refractivity contribution in [2.45, 2.75) is 65.0 Å². The molecule has 34 heavy (non-hydrogen) atoms. The second-order valence-electron chi connectivity index (χ2n) is 8.06. The van der Waals surface area contributed by atoms with Crippen LogP contribution in [0.25, 0.3) is 0 Å². The molecule has 1 unspecified atom stereocenters. The van der Waals surface area contributed by atoms with Gasteiger partial charge in [-0.1, -0.05) is 12.1 Å². The minimum atomic E-state index is -4.37. The Bertz CT molecular complexity index is 1120. The summed E-state index contributed by atoms with van der Waals surface area (Å²) in [4.78, 5) is 36.7. The average Bonchev–Trinajstić information content (AvgIpc) is 2.74. The van der Waals surface area contributed by atoms with Crippen molar-refractivity contribution in [2.24, 2.45) is 7.05 Å². The highest BCUT2D eigenvalue weighted by Gasteiger charge is 2.32. The zero-order valence-corrected chi connectivity index (χ0v) is 19.6. The van der Waals surface area contributed by atoms with Crippen molar-refractivity contribution in [3.05, 3.63) is 50.7 Å². The lowest BCUT2D eigenvalue weighted by Crippen LogP contribution is -2.40. The van der Waals surface area contributed by atoms with Crippen LogP contribution in [0.2, 0.25) is 0 Å². The summed E-state index contributed by atoms with van der Waals surface area (Å²) in [5, 5.41) is 3.83. The van der Waals surface area contributed by atoms with E-state index in [2.05, 4.69) is 5.10 Å². The molecule has 1 aromatic carbocycles. The van der Waals surface area contributed by atoms with Crippen molar-refractivity contribution in [3.63, 3.8) is 0 Å². The Labute approximate surface area is 194 Å². The standard InChI is InChI=1S/C22H28F3N3O6/c1-6-32-19(30)21(3,4)34-16-10-7-9-15(13-16)14(2)33-17-18(29)27(5)20(31)28(26-17)12-8-11-22(23,24)25/h7,9-10,13-14H,6,8,11-12H2,1-5H3. The molecule has 2 aromatic rings. The van der Waals surface area contributed by atoms with Crippen LogP contribution in [0.1, 0.15) is 52.2 Å². The fourth-order valence-corrected chi connectivity index (χ4v) is 2.96. The van der Waals surface area contributed by atoms with E-state index < -0.39 is 47.4 Å². The van der Waals surface area contributed by atoms with Gasteiger partial charge in [0.15, 0.2) is 5.60 Å². The fraction of sp³-hybridized carbons (Fsp3) is 0.545. The number of benzene rings is 1. The summed E-state index contributed by atoms with van der Waals surface area (Å²) in [5.41, 5.74) is -2.35. The second kappa shape index (κ2) is 10.7. The summed E-state index contributed by atoms with van der Waals surface area (Å²) >= 11 is 0.